The van der Waals surface area contributed by atoms with E-state index < -0.39 is 29.6 Å². The summed E-state index contributed by atoms with van der Waals surface area (Å²) in [5.41, 5.74) is 1.22. The Hall–Kier alpha value is -3.26. The predicted octanol–water partition coefficient (Wildman–Crippen LogP) is 3.81. The van der Waals surface area contributed by atoms with E-state index in [1.165, 1.54) is 18.3 Å². The molecule has 0 aliphatic heterocycles. The Balaban J connectivity index is 1.73. The Labute approximate surface area is 171 Å². The number of aliphatic carboxylic acids is 1. The molecule has 2 amide bonds. The summed E-state index contributed by atoms with van der Waals surface area (Å²) in [6.45, 7) is 1.44. The lowest BCUT2D eigenvalue weighted by atomic mass is 9.82. The van der Waals surface area contributed by atoms with Gasteiger partial charge in [0.2, 0.25) is 5.91 Å². The van der Waals surface area contributed by atoms with Crippen molar-refractivity contribution in [3.05, 3.63) is 59.0 Å². The minimum atomic E-state index is -1.01. The van der Waals surface area contributed by atoms with Crippen molar-refractivity contribution in [1.82, 2.24) is 0 Å². The van der Waals surface area contributed by atoms with Gasteiger partial charge in [0.15, 0.2) is 5.78 Å². The molecule has 0 saturated carbocycles. The number of amides is 2. The molecule has 8 heteroatoms. The highest BCUT2D eigenvalue weighted by Crippen LogP contribution is 2.30. The molecule has 0 fully saturated rings. The van der Waals surface area contributed by atoms with Crippen LogP contribution in [-0.4, -0.2) is 28.7 Å². The molecule has 29 heavy (non-hydrogen) atoms. The Kier molecular flexibility index (Phi) is 6.23. The lowest BCUT2D eigenvalue weighted by Gasteiger charge is -2.24. The van der Waals surface area contributed by atoms with Gasteiger partial charge in [0.1, 0.15) is 5.00 Å². The van der Waals surface area contributed by atoms with E-state index in [9.17, 15) is 24.3 Å². The van der Waals surface area contributed by atoms with Crippen LogP contribution >= 0.6 is 11.3 Å². The summed E-state index contributed by atoms with van der Waals surface area (Å²) in [6.07, 6.45) is 4.21. The molecule has 1 aromatic heterocycles. The van der Waals surface area contributed by atoms with Crippen molar-refractivity contribution in [3.8, 4) is 0 Å². The summed E-state index contributed by atoms with van der Waals surface area (Å²) in [5.74, 6) is -3.45. The molecule has 1 aliphatic rings. The number of carboxylic acids is 1. The lowest BCUT2D eigenvalue weighted by Crippen LogP contribution is -2.34. The summed E-state index contributed by atoms with van der Waals surface area (Å²) in [4.78, 5) is 48.3. The zero-order valence-corrected chi connectivity index (χ0v) is 16.5. The van der Waals surface area contributed by atoms with Crippen molar-refractivity contribution in [2.75, 3.05) is 10.6 Å². The number of hydrogen-bond donors (Lipinski definition) is 3. The van der Waals surface area contributed by atoms with E-state index in [-0.39, 0.29) is 11.3 Å². The van der Waals surface area contributed by atoms with Gasteiger partial charge in [-0.15, -0.1) is 11.3 Å². The van der Waals surface area contributed by atoms with Crippen molar-refractivity contribution in [2.24, 2.45) is 11.8 Å². The molecule has 0 saturated heterocycles. The molecule has 1 aliphatic carbocycles. The van der Waals surface area contributed by atoms with Crippen LogP contribution < -0.4 is 10.6 Å². The highest BCUT2D eigenvalue weighted by molar-refractivity contribution is 7.14. The van der Waals surface area contributed by atoms with Crippen LogP contribution in [0.1, 0.15) is 40.5 Å². The van der Waals surface area contributed by atoms with Crippen molar-refractivity contribution in [3.63, 3.8) is 0 Å². The largest absolute Gasteiger partial charge is 0.481 e. The molecule has 0 bridgehead atoms. The number of nitrogens with one attached hydrogen (secondary N) is 2. The van der Waals surface area contributed by atoms with Crippen LogP contribution in [0.15, 0.2) is 47.9 Å². The molecule has 3 rings (SSSR count). The normalized spacial score (nSPS) is 18.1. The number of carboxylic acid groups (broad SMARTS) is 1. The second-order valence-electron chi connectivity index (χ2n) is 6.74. The number of benzene rings is 1. The molecule has 1 aromatic carbocycles. The monoisotopic (exact) mass is 412 g/mol. The molecule has 0 radical (unpaired) electrons. The Morgan fingerprint density at radius 2 is 1.76 bits per heavy atom. The van der Waals surface area contributed by atoms with E-state index in [2.05, 4.69) is 10.6 Å². The van der Waals surface area contributed by atoms with Gasteiger partial charge in [0.25, 0.3) is 5.91 Å². The molecular weight excluding hydrogens is 392 g/mol. The highest BCUT2D eigenvalue weighted by Gasteiger charge is 2.34. The molecule has 0 spiro atoms. The Morgan fingerprint density at radius 3 is 2.45 bits per heavy atom. The molecule has 3 N–H and O–H groups in total. The van der Waals surface area contributed by atoms with Gasteiger partial charge in [-0.1, -0.05) is 24.3 Å². The number of allylic oxidation sites excluding steroid dienone is 2. The van der Waals surface area contributed by atoms with Crippen LogP contribution in [0.3, 0.4) is 0 Å². The van der Waals surface area contributed by atoms with Crippen LogP contribution in [0.4, 0.5) is 10.7 Å². The fourth-order valence-corrected chi connectivity index (χ4v) is 3.97. The zero-order valence-electron chi connectivity index (χ0n) is 15.7. The SMILES string of the molecule is CC(=O)c1cccc(NC(=O)c2ccsc2NC(=O)[C@@H]2CC=CC[C@@H]2C(=O)O)c1. The summed E-state index contributed by atoms with van der Waals surface area (Å²) in [6, 6.07) is 8.16. The third-order valence-electron chi connectivity index (χ3n) is 4.76. The summed E-state index contributed by atoms with van der Waals surface area (Å²) in [5, 5.41) is 16.8. The predicted molar refractivity (Wildman–Crippen MR) is 110 cm³/mol. The Bertz CT molecular complexity index is 994. The van der Waals surface area contributed by atoms with Gasteiger partial charge in [-0.05, 0) is 43.3 Å². The maximum Gasteiger partial charge on any atom is 0.307 e. The summed E-state index contributed by atoms with van der Waals surface area (Å²) >= 11 is 1.19. The zero-order chi connectivity index (χ0) is 21.0. The van der Waals surface area contributed by atoms with Gasteiger partial charge >= 0.3 is 5.97 Å². The van der Waals surface area contributed by atoms with Gasteiger partial charge in [-0.25, -0.2) is 0 Å². The van der Waals surface area contributed by atoms with Crippen LogP contribution in [0.2, 0.25) is 0 Å². The van der Waals surface area contributed by atoms with Crippen molar-refractivity contribution in [1.29, 1.82) is 0 Å². The first-order valence-electron chi connectivity index (χ1n) is 9.05. The molecule has 2 aromatic rings. The lowest BCUT2D eigenvalue weighted by molar-refractivity contribution is -0.146. The van der Waals surface area contributed by atoms with Crippen LogP contribution in [0.5, 0.6) is 0 Å². The quantitative estimate of drug-likeness (QED) is 0.493. The number of ketones is 1. The number of thiophene rings is 1. The van der Waals surface area contributed by atoms with Crippen molar-refractivity contribution in [2.45, 2.75) is 19.8 Å². The first-order chi connectivity index (χ1) is 13.9. The number of anilines is 2. The van der Waals surface area contributed by atoms with Crippen LogP contribution in [0, 0.1) is 11.8 Å². The maximum atomic E-state index is 12.7. The van der Waals surface area contributed by atoms with E-state index in [0.29, 0.717) is 29.1 Å². The van der Waals surface area contributed by atoms with Crippen LogP contribution in [0.25, 0.3) is 0 Å². The molecular formula is C21H20N2O5S. The van der Waals surface area contributed by atoms with Gasteiger partial charge < -0.3 is 15.7 Å². The van der Waals surface area contributed by atoms with E-state index in [1.807, 2.05) is 0 Å². The third-order valence-corrected chi connectivity index (χ3v) is 5.59. The van der Waals surface area contributed by atoms with E-state index >= 15 is 0 Å². The average Bonchev–Trinajstić information content (AvgIpc) is 3.16. The first-order valence-corrected chi connectivity index (χ1v) is 9.93. The van der Waals surface area contributed by atoms with Gasteiger partial charge in [-0.2, -0.15) is 0 Å². The van der Waals surface area contributed by atoms with Crippen molar-refractivity contribution < 1.29 is 24.3 Å². The molecule has 0 unspecified atom stereocenters. The number of rotatable bonds is 6. The molecule has 1 heterocycles. The van der Waals surface area contributed by atoms with E-state index in [4.69, 9.17) is 0 Å². The number of Topliss-reactive ketones (excluding diaryl/α,β-unsaturated/α-hetero) is 1. The number of carbonyl (C=O) groups excluding carboxylic acids is 3. The highest BCUT2D eigenvalue weighted by atomic mass is 32.1. The summed E-state index contributed by atoms with van der Waals surface area (Å²) in [7, 11) is 0. The second kappa shape index (κ2) is 8.83. The Morgan fingerprint density at radius 1 is 1.03 bits per heavy atom. The fourth-order valence-electron chi connectivity index (χ4n) is 3.18. The first kappa shape index (κ1) is 20.5. The average molecular weight is 412 g/mol. The molecule has 7 nitrogen and oxygen atoms in total. The van der Waals surface area contributed by atoms with Crippen molar-refractivity contribution >= 4 is 45.6 Å². The minimum Gasteiger partial charge on any atom is -0.481 e. The molecule has 2 atom stereocenters. The van der Waals surface area contributed by atoms with E-state index in [1.54, 1.807) is 47.9 Å². The standard InChI is InChI=1S/C21H20N2O5S/c1-12(24)13-5-4-6-14(11-13)22-19(26)17-9-10-29-20(17)23-18(25)15-7-2-3-8-16(15)21(27)28/h2-6,9-11,15-16H,7-8H2,1H3,(H,22,26)(H,23,25)(H,27,28)/t15-,16+/m1/s1. The van der Waals surface area contributed by atoms with Gasteiger partial charge in [0.05, 0.1) is 17.4 Å². The third kappa shape index (κ3) is 4.78. The molecule has 150 valence electrons. The van der Waals surface area contributed by atoms with E-state index in [0.717, 1.165) is 0 Å². The van der Waals surface area contributed by atoms with Gasteiger partial charge in [0, 0.05) is 11.3 Å². The summed E-state index contributed by atoms with van der Waals surface area (Å²) < 4.78 is 0. The topological polar surface area (TPSA) is 113 Å². The smallest absolute Gasteiger partial charge is 0.307 e. The van der Waals surface area contributed by atoms with Crippen LogP contribution in [-0.2, 0) is 9.59 Å². The van der Waals surface area contributed by atoms with Gasteiger partial charge in [-0.3, -0.25) is 19.2 Å². The number of carbonyl (C=O) groups is 4. The fraction of sp³-hybridized carbons (Fsp3) is 0.238. The maximum absolute atomic E-state index is 12.7. The minimum absolute atomic E-state index is 0.112. The number of hydrogen-bond acceptors (Lipinski definition) is 5. The second-order valence-corrected chi connectivity index (χ2v) is 7.65.